The van der Waals surface area contributed by atoms with E-state index in [1.807, 2.05) is 6.92 Å². The molecule has 0 aliphatic carbocycles. The lowest BCUT2D eigenvalue weighted by Crippen LogP contribution is -2.36. The lowest BCUT2D eigenvalue weighted by Gasteiger charge is -2.11. The van der Waals surface area contributed by atoms with Crippen molar-refractivity contribution in [3.63, 3.8) is 0 Å². The number of ether oxygens (including phenoxy) is 1. The molecule has 7 heteroatoms. The zero-order valence-corrected chi connectivity index (χ0v) is 15.2. The van der Waals surface area contributed by atoms with Gasteiger partial charge < -0.3 is 15.4 Å². The molecule has 0 saturated heterocycles. The second-order valence-electron chi connectivity index (χ2n) is 5.12. The summed E-state index contributed by atoms with van der Waals surface area (Å²) in [5, 5.41) is 5.09. The maximum absolute atomic E-state index is 13.6. The molecule has 0 fully saturated rings. The molecule has 0 aliphatic heterocycles. The maximum Gasteiger partial charge on any atom is 0.255 e. The molecular weight excluding hydrogens is 391 g/mol. The van der Waals surface area contributed by atoms with Crippen LogP contribution in [-0.4, -0.2) is 25.0 Å². The number of hydrogen-bond acceptors (Lipinski definition) is 3. The van der Waals surface area contributed by atoms with Crippen molar-refractivity contribution in [2.24, 2.45) is 0 Å². The van der Waals surface area contributed by atoms with Crippen LogP contribution in [0.15, 0.2) is 46.9 Å². The Balaban J connectivity index is 1.87. The number of carbonyl (C=O) groups is 2. The molecular formula is C18H18BrFN2O3. The highest BCUT2D eigenvalue weighted by molar-refractivity contribution is 9.10. The molecule has 0 bridgehead atoms. The fraction of sp³-hybridized carbons (Fsp3) is 0.222. The van der Waals surface area contributed by atoms with Crippen LogP contribution in [0.3, 0.4) is 0 Å². The monoisotopic (exact) mass is 408 g/mol. The number of nitrogens with one attached hydrogen (secondary N) is 2. The van der Waals surface area contributed by atoms with E-state index < -0.39 is 17.6 Å². The minimum Gasteiger partial charge on any atom is -0.493 e. The van der Waals surface area contributed by atoms with Crippen LogP contribution < -0.4 is 15.4 Å². The number of carbonyl (C=O) groups excluding carboxylic acids is 2. The number of rotatable bonds is 7. The van der Waals surface area contributed by atoms with E-state index in [2.05, 4.69) is 26.6 Å². The molecule has 2 aromatic carbocycles. The Morgan fingerprint density at radius 2 is 1.92 bits per heavy atom. The van der Waals surface area contributed by atoms with Gasteiger partial charge in [-0.1, -0.05) is 28.1 Å². The van der Waals surface area contributed by atoms with Gasteiger partial charge in [0.2, 0.25) is 5.91 Å². The molecule has 0 unspecified atom stereocenters. The number of halogens is 2. The summed E-state index contributed by atoms with van der Waals surface area (Å²) in [4.78, 5) is 24.0. The van der Waals surface area contributed by atoms with Gasteiger partial charge in [-0.15, -0.1) is 0 Å². The largest absolute Gasteiger partial charge is 0.493 e. The Bertz CT molecular complexity index is 768. The van der Waals surface area contributed by atoms with Crippen molar-refractivity contribution in [3.05, 3.63) is 63.9 Å². The Hall–Kier alpha value is -2.41. The normalized spacial score (nSPS) is 10.2. The molecule has 0 atom stereocenters. The highest BCUT2D eigenvalue weighted by atomic mass is 79.9. The van der Waals surface area contributed by atoms with Gasteiger partial charge in [-0.25, -0.2) is 4.39 Å². The summed E-state index contributed by atoms with van der Waals surface area (Å²) < 4.78 is 19.7. The lowest BCUT2D eigenvalue weighted by molar-refractivity contribution is -0.120. The summed E-state index contributed by atoms with van der Waals surface area (Å²) in [5.74, 6) is -0.772. The number of amides is 2. The topological polar surface area (TPSA) is 67.4 Å². The van der Waals surface area contributed by atoms with Crippen LogP contribution in [0, 0.1) is 5.82 Å². The van der Waals surface area contributed by atoms with Crippen LogP contribution in [0.4, 0.5) is 4.39 Å². The number of hydrogen-bond donors (Lipinski definition) is 2. The molecule has 2 rings (SSSR count). The Labute approximate surface area is 153 Å². The van der Waals surface area contributed by atoms with E-state index >= 15 is 0 Å². The van der Waals surface area contributed by atoms with E-state index in [1.165, 1.54) is 6.07 Å². The summed E-state index contributed by atoms with van der Waals surface area (Å²) in [6.45, 7) is 2.08. The quantitative estimate of drug-likeness (QED) is 0.739. The first-order chi connectivity index (χ1) is 12.0. The van der Waals surface area contributed by atoms with E-state index in [4.69, 9.17) is 4.74 Å². The highest BCUT2D eigenvalue weighted by Crippen LogP contribution is 2.17. The molecule has 132 valence electrons. The van der Waals surface area contributed by atoms with Gasteiger partial charge in [-0.2, -0.15) is 0 Å². The minimum absolute atomic E-state index is 0.0372. The zero-order valence-electron chi connectivity index (χ0n) is 13.6. The van der Waals surface area contributed by atoms with Crippen LogP contribution >= 0.6 is 15.9 Å². The van der Waals surface area contributed by atoms with Crippen molar-refractivity contribution in [1.29, 1.82) is 0 Å². The van der Waals surface area contributed by atoms with E-state index in [-0.39, 0.29) is 13.1 Å². The summed E-state index contributed by atoms with van der Waals surface area (Å²) in [7, 11) is 0. The smallest absolute Gasteiger partial charge is 0.255 e. The van der Waals surface area contributed by atoms with Crippen molar-refractivity contribution >= 4 is 27.7 Å². The maximum atomic E-state index is 13.6. The Kier molecular flexibility index (Phi) is 6.94. The first-order valence-electron chi connectivity index (χ1n) is 7.72. The van der Waals surface area contributed by atoms with Gasteiger partial charge in [0.15, 0.2) is 0 Å². The van der Waals surface area contributed by atoms with E-state index in [9.17, 15) is 14.0 Å². The second kappa shape index (κ2) is 9.17. The van der Waals surface area contributed by atoms with Crippen molar-refractivity contribution < 1.29 is 18.7 Å². The van der Waals surface area contributed by atoms with Gasteiger partial charge in [0.25, 0.3) is 5.91 Å². The predicted octanol–water partition coefficient (Wildman–Crippen LogP) is 3.03. The van der Waals surface area contributed by atoms with Crippen LogP contribution in [0.5, 0.6) is 5.75 Å². The SMILES string of the molecule is CCOc1ccccc1C(=O)NCC(=O)NCc1cc(Br)ccc1F. The van der Waals surface area contributed by atoms with Crippen molar-refractivity contribution in [1.82, 2.24) is 10.6 Å². The fourth-order valence-electron chi connectivity index (χ4n) is 2.13. The molecule has 0 aromatic heterocycles. The van der Waals surface area contributed by atoms with Gasteiger partial charge in [-0.05, 0) is 37.3 Å². The predicted molar refractivity (Wildman–Crippen MR) is 95.9 cm³/mol. The van der Waals surface area contributed by atoms with E-state index in [0.717, 1.165) is 4.47 Å². The van der Waals surface area contributed by atoms with Gasteiger partial charge >= 0.3 is 0 Å². The molecule has 0 radical (unpaired) electrons. The third kappa shape index (κ3) is 5.56. The number of benzene rings is 2. The average Bonchev–Trinajstić information content (AvgIpc) is 2.61. The molecule has 25 heavy (non-hydrogen) atoms. The van der Waals surface area contributed by atoms with Gasteiger partial charge in [0.05, 0.1) is 18.7 Å². The third-order valence-electron chi connectivity index (χ3n) is 3.32. The summed E-state index contributed by atoms with van der Waals surface area (Å²) >= 11 is 3.25. The third-order valence-corrected chi connectivity index (χ3v) is 3.82. The van der Waals surface area contributed by atoms with Gasteiger partial charge in [0.1, 0.15) is 11.6 Å². The average molecular weight is 409 g/mol. The highest BCUT2D eigenvalue weighted by Gasteiger charge is 2.13. The molecule has 0 spiro atoms. The first kappa shape index (κ1) is 18.9. The molecule has 0 saturated carbocycles. The van der Waals surface area contributed by atoms with Crippen molar-refractivity contribution in [3.8, 4) is 5.75 Å². The lowest BCUT2D eigenvalue weighted by atomic mass is 10.2. The van der Waals surface area contributed by atoms with Gasteiger partial charge in [0, 0.05) is 16.6 Å². The van der Waals surface area contributed by atoms with Crippen LogP contribution in [0.25, 0.3) is 0 Å². The van der Waals surface area contributed by atoms with E-state index in [0.29, 0.717) is 23.5 Å². The van der Waals surface area contributed by atoms with Crippen LogP contribution in [0.2, 0.25) is 0 Å². The summed E-state index contributed by atoms with van der Waals surface area (Å²) in [6.07, 6.45) is 0. The molecule has 0 heterocycles. The first-order valence-corrected chi connectivity index (χ1v) is 8.51. The summed E-state index contributed by atoms with van der Waals surface area (Å²) in [5.41, 5.74) is 0.714. The molecule has 2 N–H and O–H groups in total. The second-order valence-corrected chi connectivity index (χ2v) is 6.04. The fourth-order valence-corrected chi connectivity index (χ4v) is 2.53. The van der Waals surface area contributed by atoms with Crippen molar-refractivity contribution in [2.75, 3.05) is 13.2 Å². The van der Waals surface area contributed by atoms with Crippen LogP contribution in [0.1, 0.15) is 22.8 Å². The Morgan fingerprint density at radius 1 is 1.16 bits per heavy atom. The summed E-state index contributed by atoms with van der Waals surface area (Å²) in [6, 6.07) is 11.3. The standard InChI is InChI=1S/C18H18BrFN2O3/c1-2-25-16-6-4-3-5-14(16)18(24)22-11-17(23)21-10-12-9-13(19)7-8-15(12)20/h3-9H,2,10-11H2,1H3,(H,21,23)(H,22,24). The van der Waals surface area contributed by atoms with Crippen molar-refractivity contribution in [2.45, 2.75) is 13.5 Å². The van der Waals surface area contributed by atoms with E-state index in [1.54, 1.807) is 36.4 Å². The molecule has 2 aromatic rings. The zero-order chi connectivity index (χ0) is 18.2. The Morgan fingerprint density at radius 3 is 2.68 bits per heavy atom. The number of para-hydroxylation sites is 1. The molecule has 5 nitrogen and oxygen atoms in total. The minimum atomic E-state index is -0.415. The molecule has 2 amide bonds. The molecule has 0 aliphatic rings. The van der Waals surface area contributed by atoms with Gasteiger partial charge in [-0.3, -0.25) is 9.59 Å². The van der Waals surface area contributed by atoms with Crippen LogP contribution in [-0.2, 0) is 11.3 Å².